The average Bonchev–Trinajstić information content (AvgIpc) is 3.01. The number of aryl methyl sites for hydroxylation is 2. The van der Waals surface area contributed by atoms with Gasteiger partial charge in [-0.15, -0.1) is 34.2 Å². The Labute approximate surface area is 190 Å². The van der Waals surface area contributed by atoms with Crippen molar-refractivity contribution < 1.29 is 9.47 Å². The van der Waals surface area contributed by atoms with Crippen molar-refractivity contribution in [3.8, 4) is 5.75 Å². The first-order valence-electron chi connectivity index (χ1n) is 9.54. The van der Waals surface area contributed by atoms with E-state index < -0.39 is 0 Å². The van der Waals surface area contributed by atoms with Crippen molar-refractivity contribution in [3.05, 3.63) is 41.0 Å². The molecule has 162 valence electrons. The Morgan fingerprint density at radius 2 is 1.90 bits per heavy atom. The van der Waals surface area contributed by atoms with Crippen molar-refractivity contribution in [1.29, 1.82) is 0 Å². The highest BCUT2D eigenvalue weighted by molar-refractivity contribution is 14.0. The SMILES string of the molecule is COCCCNC(=NCc1nnc(C)n1C)NCCc1cc(C)ccc1OC.I. The molecular formula is C20H33IN6O2. The molecule has 8 nitrogen and oxygen atoms in total. The molecule has 1 aromatic heterocycles. The summed E-state index contributed by atoms with van der Waals surface area (Å²) in [5.74, 6) is 3.37. The van der Waals surface area contributed by atoms with Crippen LogP contribution in [-0.2, 0) is 24.8 Å². The summed E-state index contributed by atoms with van der Waals surface area (Å²) < 4.78 is 12.5. The zero-order valence-electron chi connectivity index (χ0n) is 18.0. The normalized spacial score (nSPS) is 11.1. The summed E-state index contributed by atoms with van der Waals surface area (Å²) in [5.41, 5.74) is 2.40. The van der Waals surface area contributed by atoms with Crippen molar-refractivity contribution in [2.45, 2.75) is 33.2 Å². The smallest absolute Gasteiger partial charge is 0.191 e. The number of halogens is 1. The number of hydrogen-bond acceptors (Lipinski definition) is 5. The van der Waals surface area contributed by atoms with Gasteiger partial charge in [0, 0.05) is 33.9 Å². The first kappa shape index (κ1) is 25.2. The summed E-state index contributed by atoms with van der Waals surface area (Å²) >= 11 is 0. The average molecular weight is 516 g/mol. The minimum Gasteiger partial charge on any atom is -0.496 e. The van der Waals surface area contributed by atoms with E-state index in [1.165, 1.54) is 11.1 Å². The molecule has 0 unspecified atom stereocenters. The number of ether oxygens (including phenoxy) is 2. The molecule has 0 radical (unpaired) electrons. The summed E-state index contributed by atoms with van der Waals surface area (Å²) in [5, 5.41) is 15.0. The van der Waals surface area contributed by atoms with Crippen LogP contribution >= 0.6 is 24.0 Å². The number of hydrogen-bond donors (Lipinski definition) is 2. The predicted molar refractivity (Wildman–Crippen MR) is 126 cm³/mol. The van der Waals surface area contributed by atoms with Gasteiger partial charge in [0.05, 0.1) is 7.11 Å². The lowest BCUT2D eigenvalue weighted by atomic mass is 10.1. The van der Waals surface area contributed by atoms with Crippen molar-refractivity contribution in [3.63, 3.8) is 0 Å². The van der Waals surface area contributed by atoms with Gasteiger partial charge in [0.15, 0.2) is 11.8 Å². The number of guanidine groups is 1. The van der Waals surface area contributed by atoms with Crippen molar-refractivity contribution >= 4 is 29.9 Å². The van der Waals surface area contributed by atoms with Gasteiger partial charge in [-0.25, -0.2) is 4.99 Å². The number of benzene rings is 1. The maximum Gasteiger partial charge on any atom is 0.191 e. The zero-order chi connectivity index (χ0) is 20.4. The monoisotopic (exact) mass is 516 g/mol. The second kappa shape index (κ2) is 13.4. The summed E-state index contributed by atoms with van der Waals surface area (Å²) in [6.45, 7) is 6.72. The Balaban J connectivity index is 0.00000420. The second-order valence-electron chi connectivity index (χ2n) is 6.65. The minimum absolute atomic E-state index is 0. The van der Waals surface area contributed by atoms with Crippen LogP contribution in [0.5, 0.6) is 5.75 Å². The van der Waals surface area contributed by atoms with E-state index in [-0.39, 0.29) is 24.0 Å². The number of nitrogens with one attached hydrogen (secondary N) is 2. The quantitative estimate of drug-likeness (QED) is 0.218. The number of methoxy groups -OCH3 is 2. The molecule has 2 rings (SSSR count). The third-order valence-electron chi connectivity index (χ3n) is 4.50. The van der Waals surface area contributed by atoms with Gasteiger partial charge in [0.2, 0.25) is 0 Å². The van der Waals surface area contributed by atoms with E-state index in [1.54, 1.807) is 14.2 Å². The molecule has 2 aromatic rings. The number of aromatic nitrogens is 3. The van der Waals surface area contributed by atoms with Crippen LogP contribution in [0.2, 0.25) is 0 Å². The standard InChI is InChI=1S/C20H32N6O2.HI/c1-15-7-8-18(28-5)17(13-15)9-11-22-20(21-10-6-12-27-4)23-14-19-25-24-16(2)26(19)3;/h7-8,13H,6,9-12,14H2,1-5H3,(H2,21,22,23);1H. The number of nitrogens with zero attached hydrogens (tertiary/aromatic N) is 4. The summed E-state index contributed by atoms with van der Waals surface area (Å²) in [6, 6.07) is 6.23. The Bertz CT molecular complexity index is 778. The van der Waals surface area contributed by atoms with Gasteiger partial charge in [-0.3, -0.25) is 0 Å². The molecule has 0 bridgehead atoms. The van der Waals surface area contributed by atoms with E-state index in [0.717, 1.165) is 49.3 Å². The lowest BCUT2D eigenvalue weighted by molar-refractivity contribution is 0.195. The van der Waals surface area contributed by atoms with E-state index in [0.29, 0.717) is 13.2 Å². The van der Waals surface area contributed by atoms with E-state index in [9.17, 15) is 0 Å². The fraction of sp³-hybridized carbons (Fsp3) is 0.550. The molecule has 1 aromatic carbocycles. The molecule has 9 heteroatoms. The lowest BCUT2D eigenvalue weighted by Gasteiger charge is -2.14. The Morgan fingerprint density at radius 3 is 2.55 bits per heavy atom. The Hall–Kier alpha value is -1.88. The maximum atomic E-state index is 5.46. The van der Waals surface area contributed by atoms with Gasteiger partial charge < -0.3 is 24.7 Å². The predicted octanol–water partition coefficient (Wildman–Crippen LogP) is 2.37. The van der Waals surface area contributed by atoms with Crippen LogP contribution in [-0.4, -0.2) is 54.6 Å². The molecule has 0 saturated heterocycles. The summed E-state index contributed by atoms with van der Waals surface area (Å²) in [7, 11) is 5.36. The summed E-state index contributed by atoms with van der Waals surface area (Å²) in [4.78, 5) is 4.66. The van der Waals surface area contributed by atoms with Gasteiger partial charge in [-0.05, 0) is 38.3 Å². The molecule has 0 spiro atoms. The van der Waals surface area contributed by atoms with Gasteiger partial charge in [-0.2, -0.15) is 0 Å². The van der Waals surface area contributed by atoms with Crippen molar-refractivity contribution in [2.24, 2.45) is 12.0 Å². The first-order valence-corrected chi connectivity index (χ1v) is 9.54. The second-order valence-corrected chi connectivity index (χ2v) is 6.65. The molecule has 0 aliphatic carbocycles. The fourth-order valence-corrected chi connectivity index (χ4v) is 2.75. The third-order valence-corrected chi connectivity index (χ3v) is 4.50. The van der Waals surface area contributed by atoms with E-state index in [1.807, 2.05) is 24.6 Å². The van der Waals surface area contributed by atoms with Crippen LogP contribution in [0.3, 0.4) is 0 Å². The van der Waals surface area contributed by atoms with Crippen LogP contribution in [0.1, 0.15) is 29.2 Å². The van der Waals surface area contributed by atoms with Crippen molar-refractivity contribution in [2.75, 3.05) is 33.9 Å². The van der Waals surface area contributed by atoms with E-state index >= 15 is 0 Å². The molecule has 0 aliphatic heterocycles. The molecule has 29 heavy (non-hydrogen) atoms. The van der Waals surface area contributed by atoms with Gasteiger partial charge in [0.25, 0.3) is 0 Å². The van der Waals surface area contributed by atoms with Crippen LogP contribution in [0.15, 0.2) is 23.2 Å². The van der Waals surface area contributed by atoms with Crippen molar-refractivity contribution in [1.82, 2.24) is 25.4 Å². The third kappa shape index (κ3) is 8.17. The zero-order valence-corrected chi connectivity index (χ0v) is 20.3. The van der Waals surface area contributed by atoms with E-state index in [4.69, 9.17) is 9.47 Å². The molecule has 0 fully saturated rings. The van der Waals surface area contributed by atoms with Gasteiger partial charge in [0.1, 0.15) is 18.1 Å². The Kier molecular flexibility index (Phi) is 11.6. The van der Waals surface area contributed by atoms with Crippen LogP contribution < -0.4 is 15.4 Å². The molecule has 2 N–H and O–H groups in total. The fourth-order valence-electron chi connectivity index (χ4n) is 2.75. The van der Waals surface area contributed by atoms with Gasteiger partial charge in [-0.1, -0.05) is 17.7 Å². The lowest BCUT2D eigenvalue weighted by Crippen LogP contribution is -2.39. The molecule has 0 saturated carbocycles. The minimum atomic E-state index is 0. The molecule has 0 atom stereocenters. The molecule has 0 amide bonds. The van der Waals surface area contributed by atoms with E-state index in [2.05, 4.69) is 44.9 Å². The summed E-state index contributed by atoms with van der Waals surface area (Å²) in [6.07, 6.45) is 1.75. The maximum absolute atomic E-state index is 5.46. The molecule has 0 aliphatic rings. The molecular weight excluding hydrogens is 483 g/mol. The van der Waals surface area contributed by atoms with Crippen LogP contribution in [0, 0.1) is 13.8 Å². The highest BCUT2D eigenvalue weighted by Gasteiger charge is 2.07. The first-order chi connectivity index (χ1) is 13.5. The molecule has 1 heterocycles. The number of rotatable bonds is 10. The van der Waals surface area contributed by atoms with Crippen LogP contribution in [0.25, 0.3) is 0 Å². The highest BCUT2D eigenvalue weighted by atomic mass is 127. The highest BCUT2D eigenvalue weighted by Crippen LogP contribution is 2.19. The topological polar surface area (TPSA) is 85.6 Å². The largest absolute Gasteiger partial charge is 0.496 e. The number of aliphatic imine (C=N–C) groups is 1. The van der Waals surface area contributed by atoms with Gasteiger partial charge >= 0.3 is 0 Å². The van der Waals surface area contributed by atoms with Crippen LogP contribution in [0.4, 0.5) is 0 Å². The Morgan fingerprint density at radius 1 is 1.14 bits per heavy atom.